The first-order valence-electron chi connectivity index (χ1n) is 7.26. The van der Waals surface area contributed by atoms with E-state index >= 15 is 0 Å². The lowest BCUT2D eigenvalue weighted by molar-refractivity contribution is 0.0483. The van der Waals surface area contributed by atoms with E-state index in [1.54, 1.807) is 0 Å². The van der Waals surface area contributed by atoms with Gasteiger partial charge in [-0.3, -0.25) is 4.90 Å². The van der Waals surface area contributed by atoms with Gasteiger partial charge in [0.15, 0.2) is 11.5 Å². The maximum atomic E-state index is 5.99. The summed E-state index contributed by atoms with van der Waals surface area (Å²) in [5.74, 6) is 2.23. The highest BCUT2D eigenvalue weighted by molar-refractivity contribution is 6.30. The number of piperidine rings is 1. The van der Waals surface area contributed by atoms with Gasteiger partial charge < -0.3 is 15.2 Å². The zero-order chi connectivity index (χ0) is 13.9. The SMILES string of the molecule is NCC1CCN(CC2COc3ccc(Cl)cc3O2)CC1. The molecule has 2 aliphatic rings. The maximum absolute atomic E-state index is 5.99. The number of fused-ring (bicyclic) bond motifs is 1. The van der Waals surface area contributed by atoms with E-state index in [-0.39, 0.29) is 6.10 Å². The Morgan fingerprint density at radius 1 is 1.25 bits per heavy atom. The van der Waals surface area contributed by atoms with Crippen LogP contribution in [-0.4, -0.2) is 43.8 Å². The Labute approximate surface area is 124 Å². The van der Waals surface area contributed by atoms with Crippen LogP contribution >= 0.6 is 11.6 Å². The number of nitrogens with zero attached hydrogens (tertiary/aromatic N) is 1. The van der Waals surface area contributed by atoms with Gasteiger partial charge in [0.05, 0.1) is 0 Å². The number of likely N-dealkylation sites (tertiary alicyclic amines) is 1. The van der Waals surface area contributed by atoms with Gasteiger partial charge in [0.1, 0.15) is 12.7 Å². The zero-order valence-corrected chi connectivity index (χ0v) is 12.3. The molecule has 4 nitrogen and oxygen atoms in total. The minimum absolute atomic E-state index is 0.0791. The first-order valence-corrected chi connectivity index (χ1v) is 7.64. The fraction of sp³-hybridized carbons (Fsp3) is 0.600. The van der Waals surface area contributed by atoms with Gasteiger partial charge in [-0.15, -0.1) is 0 Å². The summed E-state index contributed by atoms with van der Waals surface area (Å²) in [5.41, 5.74) is 5.72. The number of nitrogens with two attached hydrogens (primary N) is 1. The lowest BCUT2D eigenvalue weighted by atomic mass is 9.97. The summed E-state index contributed by atoms with van der Waals surface area (Å²) in [7, 11) is 0. The highest BCUT2D eigenvalue weighted by Crippen LogP contribution is 2.34. The van der Waals surface area contributed by atoms with E-state index in [4.69, 9.17) is 26.8 Å². The number of hydrogen-bond donors (Lipinski definition) is 1. The van der Waals surface area contributed by atoms with E-state index in [1.807, 2.05) is 18.2 Å². The third-order valence-electron chi connectivity index (χ3n) is 4.13. The second-order valence-electron chi connectivity index (χ2n) is 5.62. The first-order chi connectivity index (χ1) is 9.74. The second-order valence-corrected chi connectivity index (χ2v) is 6.06. The van der Waals surface area contributed by atoms with Crippen molar-refractivity contribution >= 4 is 11.6 Å². The molecule has 0 aliphatic carbocycles. The van der Waals surface area contributed by atoms with Crippen LogP contribution in [0.3, 0.4) is 0 Å². The molecule has 0 radical (unpaired) electrons. The van der Waals surface area contributed by atoms with Crippen molar-refractivity contribution in [2.75, 3.05) is 32.8 Å². The largest absolute Gasteiger partial charge is 0.486 e. The highest BCUT2D eigenvalue weighted by atomic mass is 35.5. The van der Waals surface area contributed by atoms with Crippen LogP contribution in [0.4, 0.5) is 0 Å². The van der Waals surface area contributed by atoms with Crippen molar-refractivity contribution in [3.8, 4) is 11.5 Å². The molecule has 1 aromatic rings. The van der Waals surface area contributed by atoms with Gasteiger partial charge in [-0.05, 0) is 50.5 Å². The van der Waals surface area contributed by atoms with Gasteiger partial charge in [0, 0.05) is 17.6 Å². The Morgan fingerprint density at radius 2 is 2.05 bits per heavy atom. The van der Waals surface area contributed by atoms with E-state index in [0.717, 1.165) is 37.7 Å². The monoisotopic (exact) mass is 296 g/mol. The summed E-state index contributed by atoms with van der Waals surface area (Å²) in [5, 5.41) is 0.678. The van der Waals surface area contributed by atoms with Crippen molar-refractivity contribution in [2.45, 2.75) is 18.9 Å². The molecule has 0 amide bonds. The molecule has 2 N–H and O–H groups in total. The van der Waals surface area contributed by atoms with Crippen LogP contribution < -0.4 is 15.2 Å². The van der Waals surface area contributed by atoms with Crippen LogP contribution in [0.15, 0.2) is 18.2 Å². The number of hydrogen-bond acceptors (Lipinski definition) is 4. The van der Waals surface area contributed by atoms with Crippen LogP contribution in [0.5, 0.6) is 11.5 Å². The van der Waals surface area contributed by atoms with Gasteiger partial charge in [-0.1, -0.05) is 11.6 Å². The van der Waals surface area contributed by atoms with Crippen molar-refractivity contribution in [1.82, 2.24) is 4.90 Å². The number of benzene rings is 1. The van der Waals surface area contributed by atoms with Crippen molar-refractivity contribution in [3.63, 3.8) is 0 Å². The minimum Gasteiger partial charge on any atom is -0.486 e. The smallest absolute Gasteiger partial charge is 0.163 e. The van der Waals surface area contributed by atoms with Crippen molar-refractivity contribution in [2.24, 2.45) is 11.7 Å². The average molecular weight is 297 g/mol. The molecule has 20 heavy (non-hydrogen) atoms. The van der Waals surface area contributed by atoms with E-state index in [0.29, 0.717) is 17.5 Å². The van der Waals surface area contributed by atoms with E-state index < -0.39 is 0 Å². The van der Waals surface area contributed by atoms with Gasteiger partial charge in [-0.25, -0.2) is 0 Å². The molecule has 0 aromatic heterocycles. The molecule has 5 heteroatoms. The Morgan fingerprint density at radius 3 is 2.80 bits per heavy atom. The Kier molecular flexibility index (Phi) is 4.34. The van der Waals surface area contributed by atoms with Crippen LogP contribution in [0.25, 0.3) is 0 Å². The lowest BCUT2D eigenvalue weighted by Gasteiger charge is -2.35. The summed E-state index contributed by atoms with van der Waals surface area (Å²) >= 11 is 5.99. The van der Waals surface area contributed by atoms with Crippen molar-refractivity contribution in [3.05, 3.63) is 23.2 Å². The number of halogens is 1. The molecule has 2 heterocycles. The molecule has 0 saturated carbocycles. The fourth-order valence-electron chi connectivity index (χ4n) is 2.87. The number of ether oxygens (including phenoxy) is 2. The third kappa shape index (κ3) is 3.19. The van der Waals surface area contributed by atoms with E-state index in [9.17, 15) is 0 Å². The summed E-state index contributed by atoms with van der Waals surface area (Å²) in [6.45, 7) is 4.52. The standard InChI is InChI=1S/C15H21ClN2O2/c16-12-1-2-14-15(7-12)20-13(10-19-14)9-18-5-3-11(8-17)4-6-18/h1-2,7,11,13H,3-6,8-10,17H2. The van der Waals surface area contributed by atoms with Crippen molar-refractivity contribution in [1.29, 1.82) is 0 Å². The Bertz CT molecular complexity index is 461. The van der Waals surface area contributed by atoms with E-state index in [2.05, 4.69) is 4.90 Å². The third-order valence-corrected chi connectivity index (χ3v) is 4.36. The topological polar surface area (TPSA) is 47.7 Å². The summed E-state index contributed by atoms with van der Waals surface area (Å²) in [6, 6.07) is 5.51. The van der Waals surface area contributed by atoms with Gasteiger partial charge in [0.25, 0.3) is 0 Å². The molecule has 1 aromatic carbocycles. The predicted octanol–water partition coefficient (Wildman–Crippen LogP) is 2.15. The Balaban J connectivity index is 1.55. The Hall–Kier alpha value is -0.970. The second kappa shape index (κ2) is 6.20. The van der Waals surface area contributed by atoms with E-state index in [1.165, 1.54) is 12.8 Å². The summed E-state index contributed by atoms with van der Waals surface area (Å²) in [4.78, 5) is 2.44. The molecular weight excluding hydrogens is 276 g/mol. The molecule has 3 rings (SSSR count). The molecule has 2 aliphatic heterocycles. The lowest BCUT2D eigenvalue weighted by Crippen LogP contribution is -2.44. The molecule has 1 atom stereocenters. The predicted molar refractivity (Wildman–Crippen MR) is 79.6 cm³/mol. The zero-order valence-electron chi connectivity index (χ0n) is 11.6. The van der Waals surface area contributed by atoms with Crippen LogP contribution in [0.1, 0.15) is 12.8 Å². The molecule has 1 unspecified atom stereocenters. The van der Waals surface area contributed by atoms with Crippen LogP contribution in [0, 0.1) is 5.92 Å². The highest BCUT2D eigenvalue weighted by Gasteiger charge is 2.25. The quantitative estimate of drug-likeness (QED) is 0.928. The average Bonchev–Trinajstić information content (AvgIpc) is 2.47. The maximum Gasteiger partial charge on any atom is 0.163 e. The minimum atomic E-state index is 0.0791. The van der Waals surface area contributed by atoms with Crippen molar-refractivity contribution < 1.29 is 9.47 Å². The molecule has 1 fully saturated rings. The van der Waals surface area contributed by atoms with Crippen LogP contribution in [0.2, 0.25) is 5.02 Å². The first kappa shape index (κ1) is 14.0. The normalized spacial score (nSPS) is 23.8. The molecule has 0 spiro atoms. The van der Waals surface area contributed by atoms with Gasteiger partial charge >= 0.3 is 0 Å². The van der Waals surface area contributed by atoms with Gasteiger partial charge in [-0.2, -0.15) is 0 Å². The molecular formula is C15H21ClN2O2. The van der Waals surface area contributed by atoms with Crippen LogP contribution in [-0.2, 0) is 0 Å². The molecule has 1 saturated heterocycles. The summed E-state index contributed by atoms with van der Waals surface area (Å²) in [6.07, 6.45) is 2.45. The number of rotatable bonds is 3. The molecule has 0 bridgehead atoms. The fourth-order valence-corrected chi connectivity index (χ4v) is 3.03. The molecule has 110 valence electrons. The summed E-state index contributed by atoms with van der Waals surface area (Å²) < 4.78 is 11.7. The van der Waals surface area contributed by atoms with Gasteiger partial charge in [0.2, 0.25) is 0 Å².